The van der Waals surface area contributed by atoms with E-state index in [1.807, 2.05) is 12.1 Å². The van der Waals surface area contributed by atoms with Crippen LogP contribution in [0.5, 0.6) is 11.5 Å². The van der Waals surface area contributed by atoms with Crippen molar-refractivity contribution in [3.05, 3.63) is 23.3 Å². The average molecular weight is 282 g/mol. The second-order valence-corrected chi connectivity index (χ2v) is 4.61. The van der Waals surface area contributed by atoms with Crippen molar-refractivity contribution in [3.63, 3.8) is 0 Å². The summed E-state index contributed by atoms with van der Waals surface area (Å²) in [6.07, 6.45) is 2.07. The van der Waals surface area contributed by atoms with Crippen molar-refractivity contribution in [2.75, 3.05) is 33.2 Å². The molecule has 0 amide bonds. The number of hydrogen-bond donors (Lipinski definition) is 1. The molecular weight excluding hydrogens is 260 g/mol. The summed E-state index contributed by atoms with van der Waals surface area (Å²) in [5.41, 5.74) is 2.38. The molecule has 1 heterocycles. The van der Waals surface area contributed by atoms with Crippen molar-refractivity contribution < 1.29 is 24.1 Å². The zero-order valence-electron chi connectivity index (χ0n) is 11.9. The fourth-order valence-electron chi connectivity index (χ4n) is 2.13. The fourth-order valence-corrected chi connectivity index (χ4v) is 2.13. The highest BCUT2D eigenvalue weighted by Gasteiger charge is 2.16. The maximum Gasteiger partial charge on any atom is 0.231 e. The van der Waals surface area contributed by atoms with Gasteiger partial charge in [0.15, 0.2) is 11.5 Å². The van der Waals surface area contributed by atoms with E-state index in [0.29, 0.717) is 33.2 Å². The van der Waals surface area contributed by atoms with Crippen LogP contribution >= 0.6 is 0 Å². The summed E-state index contributed by atoms with van der Waals surface area (Å²) in [6, 6.07) is 4.05. The van der Waals surface area contributed by atoms with Crippen LogP contribution in [0.3, 0.4) is 0 Å². The molecule has 5 heteroatoms. The number of hydrogen-bond acceptors (Lipinski definition) is 5. The number of aryl methyl sites for hydroxylation is 1. The first-order valence-electron chi connectivity index (χ1n) is 7.03. The van der Waals surface area contributed by atoms with Crippen LogP contribution in [0.4, 0.5) is 0 Å². The normalized spacial score (nSPS) is 12.9. The number of rotatable bonds is 9. The Morgan fingerprint density at radius 3 is 2.45 bits per heavy atom. The van der Waals surface area contributed by atoms with Gasteiger partial charge in [-0.3, -0.25) is 0 Å². The van der Waals surface area contributed by atoms with Gasteiger partial charge in [-0.2, -0.15) is 0 Å². The predicted octanol–water partition coefficient (Wildman–Crippen LogP) is 1.89. The Bertz CT molecular complexity index is 419. The molecule has 0 aliphatic carbocycles. The van der Waals surface area contributed by atoms with E-state index < -0.39 is 0 Å². The van der Waals surface area contributed by atoms with E-state index in [4.69, 9.17) is 24.1 Å². The van der Waals surface area contributed by atoms with Crippen LogP contribution in [-0.2, 0) is 22.5 Å². The first-order chi connectivity index (χ1) is 9.85. The van der Waals surface area contributed by atoms with Gasteiger partial charge >= 0.3 is 0 Å². The molecule has 5 nitrogen and oxygen atoms in total. The quantitative estimate of drug-likeness (QED) is 0.701. The zero-order valence-corrected chi connectivity index (χ0v) is 11.9. The average Bonchev–Trinajstić information content (AvgIpc) is 2.90. The van der Waals surface area contributed by atoms with Crippen molar-refractivity contribution in [3.8, 4) is 11.5 Å². The molecule has 20 heavy (non-hydrogen) atoms. The summed E-state index contributed by atoms with van der Waals surface area (Å²) >= 11 is 0. The molecule has 0 saturated carbocycles. The predicted molar refractivity (Wildman–Crippen MR) is 74.1 cm³/mol. The lowest BCUT2D eigenvalue weighted by molar-refractivity contribution is 0.0272. The zero-order chi connectivity index (χ0) is 14.2. The summed E-state index contributed by atoms with van der Waals surface area (Å²) in [4.78, 5) is 0. The number of ether oxygens (including phenoxy) is 4. The van der Waals surface area contributed by atoms with E-state index in [0.717, 1.165) is 29.9 Å². The Hall–Kier alpha value is -1.30. The van der Waals surface area contributed by atoms with Gasteiger partial charge in [0.2, 0.25) is 6.79 Å². The van der Waals surface area contributed by atoms with Crippen LogP contribution in [0.1, 0.15) is 24.5 Å². The summed E-state index contributed by atoms with van der Waals surface area (Å²) in [7, 11) is 0. The molecule has 0 aromatic heterocycles. The van der Waals surface area contributed by atoms with Crippen molar-refractivity contribution in [1.82, 2.24) is 0 Å². The lowest BCUT2D eigenvalue weighted by Crippen LogP contribution is -2.08. The highest BCUT2D eigenvalue weighted by molar-refractivity contribution is 5.48. The molecule has 0 fully saturated rings. The number of aliphatic hydroxyl groups is 1. The highest BCUT2D eigenvalue weighted by Crippen LogP contribution is 2.35. The third-order valence-electron chi connectivity index (χ3n) is 3.08. The van der Waals surface area contributed by atoms with Gasteiger partial charge in [0.25, 0.3) is 0 Å². The third kappa shape index (κ3) is 4.10. The van der Waals surface area contributed by atoms with Crippen molar-refractivity contribution in [2.24, 2.45) is 0 Å². The highest BCUT2D eigenvalue weighted by atomic mass is 16.7. The number of benzene rings is 1. The van der Waals surface area contributed by atoms with Crippen LogP contribution in [0, 0.1) is 0 Å². The second-order valence-electron chi connectivity index (χ2n) is 4.61. The van der Waals surface area contributed by atoms with E-state index in [-0.39, 0.29) is 6.61 Å². The SMILES string of the molecule is CCCc1cc2c(cc1COCCOCCO)OCO2. The molecule has 2 rings (SSSR count). The maximum atomic E-state index is 8.59. The van der Waals surface area contributed by atoms with E-state index in [1.165, 1.54) is 5.56 Å². The second kappa shape index (κ2) is 8.09. The molecule has 112 valence electrons. The molecule has 1 aliphatic rings. The fraction of sp³-hybridized carbons (Fsp3) is 0.600. The molecule has 0 radical (unpaired) electrons. The molecule has 1 N–H and O–H groups in total. The summed E-state index contributed by atoms with van der Waals surface area (Å²) in [5.74, 6) is 1.61. The number of aliphatic hydroxyl groups excluding tert-OH is 1. The Kier molecular flexibility index (Phi) is 6.11. The van der Waals surface area contributed by atoms with Gasteiger partial charge in [0.1, 0.15) is 0 Å². The van der Waals surface area contributed by atoms with E-state index in [9.17, 15) is 0 Å². The van der Waals surface area contributed by atoms with Gasteiger partial charge in [-0.05, 0) is 29.7 Å². The first kappa shape index (κ1) is 15.1. The summed E-state index contributed by atoms with van der Waals surface area (Å²) < 4.78 is 21.6. The molecular formula is C15H22O5. The monoisotopic (exact) mass is 282 g/mol. The third-order valence-corrected chi connectivity index (χ3v) is 3.08. The molecule has 1 aliphatic heterocycles. The van der Waals surface area contributed by atoms with E-state index in [2.05, 4.69) is 6.92 Å². The van der Waals surface area contributed by atoms with Crippen LogP contribution in [-0.4, -0.2) is 38.3 Å². The van der Waals surface area contributed by atoms with Gasteiger partial charge in [-0.1, -0.05) is 13.3 Å². The van der Waals surface area contributed by atoms with Gasteiger partial charge < -0.3 is 24.1 Å². The standard InChI is InChI=1S/C15H22O5/c1-2-3-12-8-14-15(20-11-19-14)9-13(12)10-18-7-6-17-5-4-16/h8-9,16H,2-7,10-11H2,1H3. The van der Waals surface area contributed by atoms with Crippen LogP contribution in [0.2, 0.25) is 0 Å². The van der Waals surface area contributed by atoms with Crippen molar-refractivity contribution >= 4 is 0 Å². The van der Waals surface area contributed by atoms with E-state index in [1.54, 1.807) is 0 Å². The minimum Gasteiger partial charge on any atom is -0.454 e. The Morgan fingerprint density at radius 2 is 1.75 bits per heavy atom. The van der Waals surface area contributed by atoms with Crippen LogP contribution in [0.15, 0.2) is 12.1 Å². The van der Waals surface area contributed by atoms with Gasteiger partial charge in [-0.15, -0.1) is 0 Å². The van der Waals surface area contributed by atoms with Gasteiger partial charge in [0.05, 0.1) is 33.0 Å². The van der Waals surface area contributed by atoms with Crippen molar-refractivity contribution in [1.29, 1.82) is 0 Å². The smallest absolute Gasteiger partial charge is 0.231 e. The molecule has 1 aromatic rings. The molecule has 1 aromatic carbocycles. The molecule has 0 unspecified atom stereocenters. The summed E-state index contributed by atoms with van der Waals surface area (Å²) in [5, 5.41) is 8.59. The topological polar surface area (TPSA) is 57.2 Å². The molecule has 0 spiro atoms. The largest absolute Gasteiger partial charge is 0.454 e. The van der Waals surface area contributed by atoms with E-state index >= 15 is 0 Å². The Balaban J connectivity index is 1.89. The Labute approximate surface area is 119 Å². The van der Waals surface area contributed by atoms with Gasteiger partial charge in [-0.25, -0.2) is 0 Å². The van der Waals surface area contributed by atoms with Crippen LogP contribution < -0.4 is 9.47 Å². The lowest BCUT2D eigenvalue weighted by atomic mass is 10.0. The minimum atomic E-state index is 0.0445. The minimum absolute atomic E-state index is 0.0445. The lowest BCUT2D eigenvalue weighted by Gasteiger charge is -2.11. The van der Waals surface area contributed by atoms with Crippen molar-refractivity contribution in [2.45, 2.75) is 26.4 Å². The summed E-state index contributed by atoms with van der Waals surface area (Å²) in [6.45, 7) is 4.39. The molecule has 0 saturated heterocycles. The number of fused-ring (bicyclic) bond motifs is 1. The first-order valence-corrected chi connectivity index (χ1v) is 7.03. The molecule has 0 bridgehead atoms. The van der Waals surface area contributed by atoms with Crippen LogP contribution in [0.25, 0.3) is 0 Å². The van der Waals surface area contributed by atoms with Gasteiger partial charge in [0, 0.05) is 0 Å². The molecule has 0 atom stereocenters. The maximum absolute atomic E-state index is 8.59. The Morgan fingerprint density at radius 1 is 1.05 bits per heavy atom.